The van der Waals surface area contributed by atoms with E-state index in [1.165, 1.54) is 0 Å². The largest absolute Gasteiger partial charge is 0.480 e. The molecule has 0 aromatic heterocycles. The number of carboxylic acid groups (broad SMARTS) is 1. The number of benzene rings is 1. The summed E-state index contributed by atoms with van der Waals surface area (Å²) in [4.78, 5) is 23.0. The molecule has 1 aromatic rings. The van der Waals surface area contributed by atoms with Gasteiger partial charge in [0.05, 0.1) is 6.42 Å². The standard InChI is InChI=1S/C14H19ClN2O4/c1-9-10(15)4-2-5-11(9)17-13(19)8-12(14(20)21)16-6-3-7-18/h2,4-5,12,16,18H,3,6-8H2,1H3,(H,17,19)(H,20,21). The number of aliphatic hydroxyl groups is 1. The number of aliphatic carboxylic acids is 1. The van der Waals surface area contributed by atoms with Gasteiger partial charge in [-0.15, -0.1) is 0 Å². The molecule has 1 unspecified atom stereocenters. The van der Waals surface area contributed by atoms with Crippen LogP contribution in [0.2, 0.25) is 5.02 Å². The number of hydrogen-bond donors (Lipinski definition) is 4. The predicted octanol–water partition coefficient (Wildman–Crippen LogP) is 1.40. The molecule has 0 bridgehead atoms. The van der Waals surface area contributed by atoms with Crippen molar-refractivity contribution in [3.8, 4) is 0 Å². The molecule has 0 aliphatic heterocycles. The number of anilines is 1. The molecule has 0 aliphatic carbocycles. The van der Waals surface area contributed by atoms with Gasteiger partial charge in [0.15, 0.2) is 0 Å². The van der Waals surface area contributed by atoms with E-state index < -0.39 is 17.9 Å². The lowest BCUT2D eigenvalue weighted by Gasteiger charge is -2.15. The maximum atomic E-state index is 11.9. The molecule has 1 atom stereocenters. The van der Waals surface area contributed by atoms with Crippen LogP contribution in [0.15, 0.2) is 18.2 Å². The molecule has 7 heteroatoms. The van der Waals surface area contributed by atoms with Crippen molar-refractivity contribution in [3.05, 3.63) is 28.8 Å². The van der Waals surface area contributed by atoms with Gasteiger partial charge in [0, 0.05) is 17.3 Å². The number of carbonyl (C=O) groups is 2. The molecule has 1 aromatic carbocycles. The van der Waals surface area contributed by atoms with Crippen molar-refractivity contribution in [2.24, 2.45) is 0 Å². The number of carboxylic acids is 1. The topological polar surface area (TPSA) is 98.7 Å². The van der Waals surface area contributed by atoms with Gasteiger partial charge in [-0.05, 0) is 37.6 Å². The Kier molecular flexibility index (Phi) is 7.14. The third-order valence-electron chi connectivity index (χ3n) is 2.96. The lowest BCUT2D eigenvalue weighted by Crippen LogP contribution is -2.40. The van der Waals surface area contributed by atoms with Crippen LogP contribution >= 0.6 is 11.6 Å². The van der Waals surface area contributed by atoms with Crippen LogP contribution < -0.4 is 10.6 Å². The molecule has 0 saturated heterocycles. The minimum Gasteiger partial charge on any atom is -0.480 e. The van der Waals surface area contributed by atoms with Gasteiger partial charge in [-0.2, -0.15) is 0 Å². The fraction of sp³-hybridized carbons (Fsp3) is 0.429. The van der Waals surface area contributed by atoms with Gasteiger partial charge < -0.3 is 20.8 Å². The zero-order chi connectivity index (χ0) is 15.8. The molecule has 0 radical (unpaired) electrons. The number of rotatable bonds is 8. The summed E-state index contributed by atoms with van der Waals surface area (Å²) in [6, 6.07) is 4.13. The van der Waals surface area contributed by atoms with E-state index in [9.17, 15) is 9.59 Å². The smallest absolute Gasteiger partial charge is 0.321 e. The second-order valence-electron chi connectivity index (χ2n) is 4.59. The first-order valence-electron chi connectivity index (χ1n) is 6.57. The van der Waals surface area contributed by atoms with Gasteiger partial charge in [0.25, 0.3) is 0 Å². The van der Waals surface area contributed by atoms with Crippen LogP contribution in [0.3, 0.4) is 0 Å². The van der Waals surface area contributed by atoms with Crippen molar-refractivity contribution in [2.75, 3.05) is 18.5 Å². The molecular weight excluding hydrogens is 296 g/mol. The summed E-state index contributed by atoms with van der Waals surface area (Å²) in [6.45, 7) is 2.07. The highest BCUT2D eigenvalue weighted by Gasteiger charge is 2.20. The monoisotopic (exact) mass is 314 g/mol. The first-order valence-corrected chi connectivity index (χ1v) is 6.95. The Balaban J connectivity index is 2.61. The van der Waals surface area contributed by atoms with E-state index in [4.69, 9.17) is 21.8 Å². The van der Waals surface area contributed by atoms with Crippen molar-refractivity contribution in [2.45, 2.75) is 25.8 Å². The lowest BCUT2D eigenvalue weighted by molar-refractivity contribution is -0.141. The normalized spacial score (nSPS) is 12.0. The quantitative estimate of drug-likeness (QED) is 0.544. The Hall–Kier alpha value is -1.63. The van der Waals surface area contributed by atoms with E-state index in [-0.39, 0.29) is 13.0 Å². The minimum absolute atomic E-state index is 0.0345. The van der Waals surface area contributed by atoms with Crippen molar-refractivity contribution in [1.29, 1.82) is 0 Å². The maximum absolute atomic E-state index is 11.9. The summed E-state index contributed by atoms with van der Waals surface area (Å²) in [5, 5.41) is 23.6. The molecule has 21 heavy (non-hydrogen) atoms. The van der Waals surface area contributed by atoms with E-state index in [1.807, 2.05) is 0 Å². The summed E-state index contributed by atoms with van der Waals surface area (Å²) in [7, 11) is 0. The predicted molar refractivity (Wildman–Crippen MR) is 80.6 cm³/mol. The third kappa shape index (κ3) is 5.71. The Morgan fingerprint density at radius 3 is 2.71 bits per heavy atom. The molecular formula is C14H19ClN2O4. The number of aliphatic hydroxyl groups excluding tert-OH is 1. The van der Waals surface area contributed by atoms with Gasteiger partial charge in [0.2, 0.25) is 5.91 Å². The minimum atomic E-state index is -1.11. The second kappa shape index (κ2) is 8.61. The second-order valence-corrected chi connectivity index (χ2v) is 4.99. The van der Waals surface area contributed by atoms with Crippen LogP contribution in [0, 0.1) is 6.92 Å². The highest BCUT2D eigenvalue weighted by Crippen LogP contribution is 2.23. The zero-order valence-corrected chi connectivity index (χ0v) is 12.5. The van der Waals surface area contributed by atoms with Crippen LogP contribution in [-0.2, 0) is 9.59 Å². The first kappa shape index (κ1) is 17.4. The molecule has 6 nitrogen and oxygen atoms in total. The molecule has 0 aliphatic rings. The van der Waals surface area contributed by atoms with Gasteiger partial charge >= 0.3 is 5.97 Å². The number of nitrogens with one attached hydrogen (secondary N) is 2. The van der Waals surface area contributed by atoms with Crippen molar-refractivity contribution in [3.63, 3.8) is 0 Å². The fourth-order valence-electron chi connectivity index (χ4n) is 1.73. The average molecular weight is 315 g/mol. The Labute approximate surface area is 128 Å². The average Bonchev–Trinajstić information content (AvgIpc) is 2.43. The summed E-state index contributed by atoms with van der Waals surface area (Å²) in [5.74, 6) is -1.52. The molecule has 1 rings (SSSR count). The SMILES string of the molecule is Cc1c(Cl)cccc1NC(=O)CC(NCCCO)C(=O)O. The van der Waals surface area contributed by atoms with Crippen LogP contribution in [-0.4, -0.2) is 41.3 Å². The fourth-order valence-corrected chi connectivity index (χ4v) is 1.91. The Bertz CT molecular complexity index is 508. The summed E-state index contributed by atoms with van der Waals surface area (Å²) in [5.41, 5.74) is 1.29. The van der Waals surface area contributed by atoms with Gasteiger partial charge in [-0.1, -0.05) is 17.7 Å². The summed E-state index contributed by atoms with van der Waals surface area (Å²) >= 11 is 5.96. The number of halogens is 1. The Morgan fingerprint density at radius 1 is 1.38 bits per heavy atom. The zero-order valence-electron chi connectivity index (χ0n) is 11.7. The van der Waals surface area contributed by atoms with E-state index in [0.717, 1.165) is 5.56 Å². The Morgan fingerprint density at radius 2 is 2.10 bits per heavy atom. The lowest BCUT2D eigenvalue weighted by atomic mass is 10.1. The first-order chi connectivity index (χ1) is 9.95. The van der Waals surface area contributed by atoms with Crippen molar-refractivity contribution in [1.82, 2.24) is 5.32 Å². The molecule has 0 fully saturated rings. The van der Waals surface area contributed by atoms with Gasteiger partial charge in [-0.25, -0.2) is 0 Å². The number of hydrogen-bond acceptors (Lipinski definition) is 4. The van der Waals surface area contributed by atoms with Gasteiger partial charge in [0.1, 0.15) is 6.04 Å². The molecule has 0 saturated carbocycles. The van der Waals surface area contributed by atoms with E-state index in [0.29, 0.717) is 23.7 Å². The van der Waals surface area contributed by atoms with E-state index >= 15 is 0 Å². The third-order valence-corrected chi connectivity index (χ3v) is 3.36. The highest BCUT2D eigenvalue weighted by molar-refractivity contribution is 6.31. The van der Waals surface area contributed by atoms with Gasteiger partial charge in [-0.3, -0.25) is 9.59 Å². The van der Waals surface area contributed by atoms with Crippen molar-refractivity contribution < 1.29 is 19.8 Å². The van der Waals surface area contributed by atoms with E-state index in [1.54, 1.807) is 25.1 Å². The molecule has 116 valence electrons. The molecule has 4 N–H and O–H groups in total. The van der Waals surface area contributed by atoms with Crippen LogP contribution in [0.25, 0.3) is 0 Å². The van der Waals surface area contributed by atoms with Crippen LogP contribution in [0.1, 0.15) is 18.4 Å². The maximum Gasteiger partial charge on any atom is 0.321 e. The van der Waals surface area contributed by atoms with Crippen LogP contribution in [0.4, 0.5) is 5.69 Å². The van der Waals surface area contributed by atoms with Crippen LogP contribution in [0.5, 0.6) is 0 Å². The summed E-state index contributed by atoms with van der Waals surface area (Å²) < 4.78 is 0. The molecule has 1 amide bonds. The molecule has 0 spiro atoms. The summed E-state index contributed by atoms with van der Waals surface area (Å²) in [6.07, 6.45) is 0.228. The number of carbonyl (C=O) groups excluding carboxylic acids is 1. The van der Waals surface area contributed by atoms with E-state index in [2.05, 4.69) is 10.6 Å². The number of amides is 1. The molecule has 0 heterocycles. The van der Waals surface area contributed by atoms with Crippen molar-refractivity contribution >= 4 is 29.2 Å². The highest BCUT2D eigenvalue weighted by atomic mass is 35.5.